The third-order valence-corrected chi connectivity index (χ3v) is 3.61. The van der Waals surface area contributed by atoms with Crippen LogP contribution in [-0.2, 0) is 4.74 Å². The van der Waals surface area contributed by atoms with Gasteiger partial charge in [-0.25, -0.2) is 4.39 Å². The molecule has 1 aliphatic rings. The van der Waals surface area contributed by atoms with Gasteiger partial charge in [0.05, 0.1) is 12.1 Å². The summed E-state index contributed by atoms with van der Waals surface area (Å²) in [7, 11) is 0. The third kappa shape index (κ3) is 3.06. The molecule has 4 heteroatoms. The number of ether oxygens (including phenoxy) is 1. The smallest absolute Gasteiger partial charge is 0.128 e. The molecule has 0 spiro atoms. The van der Waals surface area contributed by atoms with E-state index in [0.717, 1.165) is 17.3 Å². The summed E-state index contributed by atoms with van der Waals surface area (Å²) in [4.78, 5) is 0. The van der Waals surface area contributed by atoms with E-state index in [1.165, 1.54) is 6.07 Å². The summed E-state index contributed by atoms with van der Waals surface area (Å²) in [6.45, 7) is 2.56. The SMILES string of the molecule is CCOC(C1CC1)C(N)c1cc(Br)ccc1F. The van der Waals surface area contributed by atoms with Crippen molar-refractivity contribution in [3.63, 3.8) is 0 Å². The minimum absolute atomic E-state index is 0.0659. The molecule has 2 N–H and O–H groups in total. The Morgan fingerprint density at radius 1 is 1.53 bits per heavy atom. The molecular weight excluding hydrogens is 285 g/mol. The predicted octanol–water partition coefficient (Wildman–Crippen LogP) is 3.40. The first-order valence-corrected chi connectivity index (χ1v) is 6.75. The lowest BCUT2D eigenvalue weighted by Crippen LogP contribution is -2.31. The number of rotatable bonds is 5. The molecule has 2 nitrogen and oxygen atoms in total. The highest BCUT2D eigenvalue weighted by atomic mass is 79.9. The van der Waals surface area contributed by atoms with Gasteiger partial charge in [-0.15, -0.1) is 0 Å². The highest BCUT2D eigenvalue weighted by molar-refractivity contribution is 9.10. The zero-order chi connectivity index (χ0) is 12.4. The second-order valence-corrected chi connectivity index (χ2v) is 5.36. The molecule has 1 fully saturated rings. The Balaban J connectivity index is 2.21. The van der Waals surface area contributed by atoms with E-state index in [2.05, 4.69) is 15.9 Å². The van der Waals surface area contributed by atoms with Crippen LogP contribution in [0.1, 0.15) is 31.4 Å². The van der Waals surface area contributed by atoms with Crippen LogP contribution in [-0.4, -0.2) is 12.7 Å². The number of hydrogen-bond donors (Lipinski definition) is 1. The van der Waals surface area contributed by atoms with Gasteiger partial charge in [-0.1, -0.05) is 15.9 Å². The number of hydrogen-bond acceptors (Lipinski definition) is 2. The molecule has 1 aliphatic carbocycles. The van der Waals surface area contributed by atoms with Gasteiger partial charge in [-0.3, -0.25) is 0 Å². The molecule has 94 valence electrons. The molecule has 0 saturated heterocycles. The molecule has 2 atom stereocenters. The van der Waals surface area contributed by atoms with Crippen LogP contribution in [0.2, 0.25) is 0 Å². The van der Waals surface area contributed by atoms with E-state index in [4.69, 9.17) is 10.5 Å². The zero-order valence-corrected chi connectivity index (χ0v) is 11.4. The van der Waals surface area contributed by atoms with Crippen LogP contribution in [0.15, 0.2) is 22.7 Å². The summed E-state index contributed by atoms with van der Waals surface area (Å²) < 4.78 is 20.3. The molecule has 0 radical (unpaired) electrons. The van der Waals surface area contributed by atoms with E-state index in [1.54, 1.807) is 12.1 Å². The van der Waals surface area contributed by atoms with Crippen LogP contribution in [0.3, 0.4) is 0 Å². The van der Waals surface area contributed by atoms with Crippen molar-refractivity contribution >= 4 is 15.9 Å². The standard InChI is InChI=1S/C13H17BrFNO/c1-2-17-13(8-3-4-8)12(16)10-7-9(14)5-6-11(10)15/h5-8,12-13H,2-4,16H2,1H3. The Labute approximate surface area is 109 Å². The van der Waals surface area contributed by atoms with Crippen LogP contribution in [0, 0.1) is 11.7 Å². The van der Waals surface area contributed by atoms with Crippen molar-refractivity contribution in [3.8, 4) is 0 Å². The van der Waals surface area contributed by atoms with Crippen LogP contribution in [0.4, 0.5) is 4.39 Å². The Morgan fingerprint density at radius 3 is 2.82 bits per heavy atom. The molecule has 2 unspecified atom stereocenters. The molecule has 0 bridgehead atoms. The normalized spacial score (nSPS) is 19.1. The minimum atomic E-state index is -0.389. The fraction of sp³-hybridized carbons (Fsp3) is 0.538. The molecule has 0 amide bonds. The third-order valence-electron chi connectivity index (χ3n) is 3.12. The molecular formula is C13H17BrFNO. The van der Waals surface area contributed by atoms with Gasteiger partial charge in [-0.2, -0.15) is 0 Å². The molecule has 0 aliphatic heterocycles. The first-order chi connectivity index (χ1) is 8.13. The summed E-state index contributed by atoms with van der Waals surface area (Å²) in [6, 6.07) is 4.47. The average Bonchev–Trinajstić information content (AvgIpc) is 3.12. The fourth-order valence-corrected chi connectivity index (χ4v) is 2.48. The topological polar surface area (TPSA) is 35.2 Å². The molecule has 1 aromatic carbocycles. The summed E-state index contributed by atoms with van der Waals surface area (Å²) in [5, 5.41) is 0. The fourth-order valence-electron chi connectivity index (χ4n) is 2.10. The van der Waals surface area contributed by atoms with Gasteiger partial charge in [0, 0.05) is 16.6 Å². The van der Waals surface area contributed by atoms with E-state index < -0.39 is 0 Å². The number of benzene rings is 1. The summed E-state index contributed by atoms with van der Waals surface area (Å²) in [6.07, 6.45) is 2.20. The number of nitrogens with two attached hydrogens (primary N) is 1. The van der Waals surface area contributed by atoms with Gasteiger partial charge in [0.1, 0.15) is 5.82 Å². The first kappa shape index (κ1) is 13.0. The molecule has 1 aromatic rings. The Hall–Kier alpha value is -0.450. The molecule has 17 heavy (non-hydrogen) atoms. The maximum Gasteiger partial charge on any atom is 0.128 e. The van der Waals surface area contributed by atoms with Gasteiger partial charge >= 0.3 is 0 Å². The van der Waals surface area contributed by atoms with Crippen LogP contribution in [0.25, 0.3) is 0 Å². The summed E-state index contributed by atoms with van der Waals surface area (Å²) in [5.74, 6) is 0.231. The Bertz CT molecular complexity index is 395. The molecule has 0 heterocycles. The van der Waals surface area contributed by atoms with Crippen molar-refractivity contribution in [2.24, 2.45) is 11.7 Å². The van der Waals surface area contributed by atoms with Crippen molar-refractivity contribution < 1.29 is 9.13 Å². The van der Waals surface area contributed by atoms with Gasteiger partial charge in [0.25, 0.3) is 0 Å². The second-order valence-electron chi connectivity index (χ2n) is 4.45. The maximum absolute atomic E-state index is 13.7. The monoisotopic (exact) mass is 301 g/mol. The van der Waals surface area contributed by atoms with Gasteiger partial charge < -0.3 is 10.5 Å². The lowest BCUT2D eigenvalue weighted by molar-refractivity contribution is 0.0275. The first-order valence-electron chi connectivity index (χ1n) is 5.95. The second kappa shape index (κ2) is 5.46. The van der Waals surface area contributed by atoms with Crippen molar-refractivity contribution in [3.05, 3.63) is 34.1 Å². The lowest BCUT2D eigenvalue weighted by Gasteiger charge is -2.24. The Morgan fingerprint density at radius 2 is 2.24 bits per heavy atom. The molecule has 1 saturated carbocycles. The highest BCUT2D eigenvalue weighted by Gasteiger charge is 2.37. The lowest BCUT2D eigenvalue weighted by atomic mass is 9.98. The predicted molar refractivity (Wildman–Crippen MR) is 69.2 cm³/mol. The van der Waals surface area contributed by atoms with Crippen molar-refractivity contribution in [1.82, 2.24) is 0 Å². The number of halogens is 2. The maximum atomic E-state index is 13.7. The van der Waals surface area contributed by atoms with Crippen LogP contribution < -0.4 is 5.73 Å². The van der Waals surface area contributed by atoms with Crippen LogP contribution in [0.5, 0.6) is 0 Å². The van der Waals surface area contributed by atoms with E-state index in [0.29, 0.717) is 18.1 Å². The molecule has 0 aromatic heterocycles. The average molecular weight is 302 g/mol. The quantitative estimate of drug-likeness (QED) is 0.904. The van der Waals surface area contributed by atoms with E-state index in [-0.39, 0.29) is 18.0 Å². The van der Waals surface area contributed by atoms with Crippen molar-refractivity contribution in [2.75, 3.05) is 6.61 Å². The minimum Gasteiger partial charge on any atom is -0.376 e. The van der Waals surface area contributed by atoms with Gasteiger partial charge in [0.15, 0.2) is 0 Å². The summed E-state index contributed by atoms with van der Waals surface area (Å²) >= 11 is 3.34. The van der Waals surface area contributed by atoms with Crippen molar-refractivity contribution in [1.29, 1.82) is 0 Å². The van der Waals surface area contributed by atoms with Gasteiger partial charge in [-0.05, 0) is 43.9 Å². The van der Waals surface area contributed by atoms with E-state index in [1.807, 2.05) is 6.92 Å². The van der Waals surface area contributed by atoms with Crippen LogP contribution >= 0.6 is 15.9 Å². The zero-order valence-electron chi connectivity index (χ0n) is 9.83. The van der Waals surface area contributed by atoms with Gasteiger partial charge in [0.2, 0.25) is 0 Å². The highest BCUT2D eigenvalue weighted by Crippen LogP contribution is 2.39. The van der Waals surface area contributed by atoms with E-state index in [9.17, 15) is 4.39 Å². The van der Waals surface area contributed by atoms with E-state index >= 15 is 0 Å². The summed E-state index contributed by atoms with van der Waals surface area (Å²) in [5.41, 5.74) is 6.68. The Kier molecular flexibility index (Phi) is 4.17. The molecule has 2 rings (SSSR count). The van der Waals surface area contributed by atoms with Crippen molar-refractivity contribution in [2.45, 2.75) is 31.9 Å². The largest absolute Gasteiger partial charge is 0.376 e.